The van der Waals surface area contributed by atoms with E-state index in [0.29, 0.717) is 22.4 Å². The fraction of sp³-hybridized carbons (Fsp3) is 0.0588. The first kappa shape index (κ1) is 13.5. The highest BCUT2D eigenvalue weighted by atomic mass is 19.1. The van der Waals surface area contributed by atoms with Crippen molar-refractivity contribution in [2.45, 2.75) is 0 Å². The number of hydrogen-bond acceptors (Lipinski definition) is 4. The lowest BCUT2D eigenvalue weighted by Crippen LogP contribution is -2.13. The Kier molecular flexibility index (Phi) is 2.90. The van der Waals surface area contributed by atoms with Crippen molar-refractivity contribution in [3.63, 3.8) is 0 Å². The first-order valence-electron chi connectivity index (χ1n) is 7.00. The highest BCUT2D eigenvalue weighted by molar-refractivity contribution is 6.58. The van der Waals surface area contributed by atoms with Gasteiger partial charge >= 0.3 is 0 Å². The summed E-state index contributed by atoms with van der Waals surface area (Å²) in [5, 5.41) is 14.9. The number of hydrogen-bond donors (Lipinski definition) is 2. The van der Waals surface area contributed by atoms with Crippen molar-refractivity contribution in [3.05, 3.63) is 59.4 Å². The van der Waals surface area contributed by atoms with Crippen molar-refractivity contribution in [2.75, 3.05) is 7.11 Å². The number of aliphatic imine (C=N–C) groups is 1. The number of halogens is 1. The van der Waals surface area contributed by atoms with Gasteiger partial charge in [-0.15, -0.1) is 0 Å². The maximum absolute atomic E-state index is 13.9. The average molecular weight is 309 g/mol. The maximum atomic E-state index is 13.9. The lowest BCUT2D eigenvalue weighted by Gasteiger charge is -2.03. The summed E-state index contributed by atoms with van der Waals surface area (Å²) < 4.78 is 13.9. The molecular formula is C17H12FN3O2. The number of benzene rings is 2. The first-order valence-corrected chi connectivity index (χ1v) is 7.00. The second kappa shape index (κ2) is 4.95. The van der Waals surface area contributed by atoms with E-state index in [1.54, 1.807) is 12.1 Å². The highest BCUT2D eigenvalue weighted by Gasteiger charge is 2.29. The number of aromatic amines is 1. The first-order chi connectivity index (χ1) is 11.2. The molecule has 1 aliphatic heterocycles. The van der Waals surface area contributed by atoms with Crippen LogP contribution in [-0.2, 0) is 4.84 Å². The number of H-pyrrole nitrogens is 1. The van der Waals surface area contributed by atoms with Crippen LogP contribution in [0, 0.1) is 5.82 Å². The molecule has 0 atom stereocenters. The van der Waals surface area contributed by atoms with E-state index >= 15 is 0 Å². The molecule has 114 valence electrons. The van der Waals surface area contributed by atoms with Crippen LogP contribution in [0.15, 0.2) is 52.6 Å². The van der Waals surface area contributed by atoms with Crippen molar-refractivity contribution in [2.24, 2.45) is 10.1 Å². The van der Waals surface area contributed by atoms with Gasteiger partial charge in [0.25, 0.3) is 0 Å². The van der Waals surface area contributed by atoms with E-state index in [1.165, 1.54) is 13.2 Å². The van der Waals surface area contributed by atoms with E-state index < -0.39 is 5.82 Å². The van der Waals surface area contributed by atoms with E-state index in [9.17, 15) is 9.50 Å². The number of oxime groups is 1. The summed E-state index contributed by atoms with van der Waals surface area (Å²) in [6.45, 7) is 0. The number of para-hydroxylation sites is 2. The van der Waals surface area contributed by atoms with Gasteiger partial charge in [-0.25, -0.2) is 9.38 Å². The van der Waals surface area contributed by atoms with Crippen LogP contribution in [-0.4, -0.2) is 28.6 Å². The molecule has 0 radical (unpaired) electrons. The SMILES string of the molecule is CO/N=C1\C(c2c(O)[nH]c3c(F)cccc23)=Nc2ccccc21. The molecule has 5 nitrogen and oxygen atoms in total. The van der Waals surface area contributed by atoms with Crippen molar-refractivity contribution in [1.29, 1.82) is 0 Å². The smallest absolute Gasteiger partial charge is 0.199 e. The van der Waals surface area contributed by atoms with Crippen LogP contribution >= 0.6 is 0 Å². The normalized spacial score (nSPS) is 15.0. The lowest BCUT2D eigenvalue weighted by molar-refractivity contribution is 0.214. The molecule has 2 aromatic carbocycles. The van der Waals surface area contributed by atoms with Crippen molar-refractivity contribution >= 4 is 28.0 Å². The van der Waals surface area contributed by atoms with E-state index in [4.69, 9.17) is 4.84 Å². The van der Waals surface area contributed by atoms with Crippen LogP contribution in [0.3, 0.4) is 0 Å². The van der Waals surface area contributed by atoms with E-state index in [2.05, 4.69) is 15.1 Å². The Bertz CT molecular complexity index is 989. The molecule has 23 heavy (non-hydrogen) atoms. The summed E-state index contributed by atoms with van der Waals surface area (Å²) in [6, 6.07) is 12.1. The zero-order valence-electron chi connectivity index (χ0n) is 12.2. The van der Waals surface area contributed by atoms with Crippen LogP contribution in [0.25, 0.3) is 10.9 Å². The standard InChI is InChI=1S/C17H12FN3O2/c1-23-21-15-9-5-2-3-8-12(9)19-16(15)13-10-6-4-7-11(18)14(10)20-17(13)22/h2-8,20,22H,1H3/b21-15-. The zero-order chi connectivity index (χ0) is 16.0. The van der Waals surface area contributed by atoms with Crippen LogP contribution in [0.1, 0.15) is 11.1 Å². The number of rotatable bonds is 2. The molecule has 0 amide bonds. The van der Waals surface area contributed by atoms with Gasteiger partial charge < -0.3 is 14.9 Å². The van der Waals surface area contributed by atoms with Gasteiger partial charge in [-0.1, -0.05) is 35.5 Å². The van der Waals surface area contributed by atoms with Gasteiger partial charge in [0.15, 0.2) is 5.88 Å². The third-order valence-corrected chi connectivity index (χ3v) is 3.80. The molecule has 0 fully saturated rings. The molecule has 4 rings (SSSR count). The van der Waals surface area contributed by atoms with Crippen LogP contribution < -0.4 is 0 Å². The number of nitrogens with zero attached hydrogens (tertiary/aromatic N) is 2. The third-order valence-electron chi connectivity index (χ3n) is 3.80. The predicted octanol–water partition coefficient (Wildman–Crippen LogP) is 3.50. The summed E-state index contributed by atoms with van der Waals surface area (Å²) in [6.07, 6.45) is 0. The van der Waals surface area contributed by atoms with E-state index in [0.717, 1.165) is 11.3 Å². The van der Waals surface area contributed by atoms with Crippen molar-refractivity contribution in [3.8, 4) is 5.88 Å². The van der Waals surface area contributed by atoms with Gasteiger partial charge in [0.05, 0.1) is 16.8 Å². The molecule has 3 aromatic rings. The molecule has 6 heteroatoms. The molecule has 2 heterocycles. The Morgan fingerprint density at radius 2 is 2.00 bits per heavy atom. The summed E-state index contributed by atoms with van der Waals surface area (Å²) in [5.74, 6) is -0.592. The third kappa shape index (κ3) is 1.92. The van der Waals surface area contributed by atoms with Gasteiger partial charge in [-0.05, 0) is 12.1 Å². The monoisotopic (exact) mass is 309 g/mol. The summed E-state index contributed by atoms with van der Waals surface area (Å²) in [5.41, 5.74) is 3.12. The van der Waals surface area contributed by atoms with Gasteiger partial charge in [-0.2, -0.15) is 0 Å². The maximum Gasteiger partial charge on any atom is 0.199 e. The van der Waals surface area contributed by atoms with Crippen molar-refractivity contribution < 1.29 is 14.3 Å². The van der Waals surface area contributed by atoms with Gasteiger partial charge in [0.1, 0.15) is 24.4 Å². The lowest BCUT2D eigenvalue weighted by atomic mass is 10.0. The largest absolute Gasteiger partial charge is 0.494 e. The Morgan fingerprint density at radius 1 is 1.17 bits per heavy atom. The molecule has 1 aliphatic rings. The molecule has 2 N–H and O–H groups in total. The number of aromatic nitrogens is 1. The number of fused-ring (bicyclic) bond motifs is 2. The minimum Gasteiger partial charge on any atom is -0.494 e. The minimum absolute atomic E-state index is 0.152. The molecule has 0 saturated carbocycles. The van der Waals surface area contributed by atoms with Crippen molar-refractivity contribution in [1.82, 2.24) is 4.98 Å². The minimum atomic E-state index is -0.439. The van der Waals surface area contributed by atoms with Crippen LogP contribution in [0.4, 0.5) is 10.1 Å². The fourth-order valence-corrected chi connectivity index (χ4v) is 2.84. The topological polar surface area (TPSA) is 70.0 Å². The molecule has 0 spiro atoms. The molecule has 0 aliphatic carbocycles. The summed E-state index contributed by atoms with van der Waals surface area (Å²) in [7, 11) is 1.44. The summed E-state index contributed by atoms with van der Waals surface area (Å²) in [4.78, 5) is 12.1. The molecule has 0 saturated heterocycles. The van der Waals surface area contributed by atoms with Crippen LogP contribution in [0.5, 0.6) is 5.88 Å². The molecule has 1 aromatic heterocycles. The Morgan fingerprint density at radius 3 is 2.83 bits per heavy atom. The van der Waals surface area contributed by atoms with E-state index in [1.807, 2.05) is 24.3 Å². The van der Waals surface area contributed by atoms with Gasteiger partial charge in [0.2, 0.25) is 0 Å². The van der Waals surface area contributed by atoms with Crippen LogP contribution in [0.2, 0.25) is 0 Å². The number of nitrogens with one attached hydrogen (secondary N) is 1. The second-order valence-electron chi connectivity index (χ2n) is 5.11. The zero-order valence-corrected chi connectivity index (χ0v) is 12.2. The Balaban J connectivity index is 2.00. The molecule has 0 bridgehead atoms. The second-order valence-corrected chi connectivity index (χ2v) is 5.11. The van der Waals surface area contributed by atoms with Gasteiger partial charge in [0, 0.05) is 10.9 Å². The quantitative estimate of drug-likeness (QED) is 0.711. The number of aromatic hydroxyl groups is 1. The van der Waals surface area contributed by atoms with Gasteiger partial charge in [-0.3, -0.25) is 0 Å². The fourth-order valence-electron chi connectivity index (χ4n) is 2.84. The van der Waals surface area contributed by atoms with E-state index in [-0.39, 0.29) is 11.4 Å². The molecular weight excluding hydrogens is 297 g/mol. The summed E-state index contributed by atoms with van der Waals surface area (Å²) >= 11 is 0. The Hall–Kier alpha value is -3.15. The Labute approximate surface area is 130 Å². The average Bonchev–Trinajstić information content (AvgIpc) is 3.06. The predicted molar refractivity (Wildman–Crippen MR) is 86.1 cm³/mol. The molecule has 0 unspecified atom stereocenters. The highest BCUT2D eigenvalue weighted by Crippen LogP contribution is 2.36.